The second-order valence-electron chi connectivity index (χ2n) is 8.23. The Morgan fingerprint density at radius 3 is 2.56 bits per heavy atom. The Morgan fingerprint density at radius 2 is 1.84 bits per heavy atom. The van der Waals surface area contributed by atoms with Crippen LogP contribution in [0, 0.1) is 5.92 Å². The highest BCUT2D eigenvalue weighted by atomic mass is 16.3. The van der Waals surface area contributed by atoms with Gasteiger partial charge in [0.25, 0.3) is 5.91 Å². The summed E-state index contributed by atoms with van der Waals surface area (Å²) in [5.74, 6) is 1.54. The van der Waals surface area contributed by atoms with Crippen molar-refractivity contribution in [2.45, 2.75) is 39.2 Å². The molecule has 0 spiro atoms. The second kappa shape index (κ2) is 10.3. The molecule has 1 fully saturated rings. The normalized spacial score (nSPS) is 17.9. The number of carbonyl (C=O) groups excluding carboxylic acids is 1. The fourth-order valence-electron chi connectivity index (χ4n) is 4.05. The van der Waals surface area contributed by atoms with Crippen molar-refractivity contribution in [3.05, 3.63) is 48.3 Å². The number of fused-ring (bicyclic) bond motifs is 1. The van der Waals surface area contributed by atoms with Gasteiger partial charge in [0.1, 0.15) is 11.6 Å². The van der Waals surface area contributed by atoms with Gasteiger partial charge in [-0.05, 0) is 55.9 Å². The Labute approximate surface area is 189 Å². The van der Waals surface area contributed by atoms with Gasteiger partial charge in [-0.3, -0.25) is 4.79 Å². The Hall–Kier alpha value is -3.42. The van der Waals surface area contributed by atoms with Crippen LogP contribution in [-0.4, -0.2) is 52.6 Å². The van der Waals surface area contributed by atoms with Crippen molar-refractivity contribution in [2.75, 3.05) is 30.9 Å². The first-order chi connectivity index (χ1) is 15.0. The van der Waals surface area contributed by atoms with Gasteiger partial charge in [0.15, 0.2) is 5.69 Å². The lowest BCUT2D eigenvalue weighted by atomic mass is 9.86. The molecule has 1 aliphatic rings. The van der Waals surface area contributed by atoms with Crippen molar-refractivity contribution in [1.29, 1.82) is 0 Å². The van der Waals surface area contributed by atoms with Crippen LogP contribution in [0.3, 0.4) is 0 Å². The second-order valence-corrected chi connectivity index (χ2v) is 8.23. The summed E-state index contributed by atoms with van der Waals surface area (Å²) in [6.07, 6.45) is 5.48. The van der Waals surface area contributed by atoms with Crippen LogP contribution in [0.4, 0.5) is 11.8 Å². The minimum Gasteiger partial charge on any atom is -0.505 e. The number of para-hydroxylation sites is 1. The molecule has 3 aromatic rings. The third-order valence-electron chi connectivity index (χ3n) is 5.74. The van der Waals surface area contributed by atoms with Gasteiger partial charge in [0.2, 0.25) is 5.95 Å². The molecule has 4 rings (SSSR count). The number of aromatic nitrogens is 3. The standard InChI is InChI=1S/C23H28N6O2.CH4/c1-29(2)21-17-6-3-4-7-18(17)27-23(28-21)26-16-11-9-15(10-12-16)14-25-22(31)20-19(30)8-5-13-24-20;/h3-8,13,15-16,30H,9-12,14H2,1-2H3,(H,25,31)(H,26,27,28);1H4. The van der Waals surface area contributed by atoms with Gasteiger partial charge in [0.05, 0.1) is 5.52 Å². The molecule has 2 aromatic heterocycles. The number of hydrogen-bond donors (Lipinski definition) is 3. The molecular formula is C24H32N6O2. The van der Waals surface area contributed by atoms with E-state index in [2.05, 4.69) is 15.6 Å². The van der Waals surface area contributed by atoms with Gasteiger partial charge in [-0.2, -0.15) is 4.98 Å². The average molecular weight is 437 g/mol. The number of amides is 1. The molecule has 3 N–H and O–H groups in total. The quantitative estimate of drug-likeness (QED) is 0.539. The summed E-state index contributed by atoms with van der Waals surface area (Å²) in [4.78, 5) is 27.6. The molecule has 1 aromatic carbocycles. The van der Waals surface area contributed by atoms with E-state index in [-0.39, 0.29) is 24.8 Å². The zero-order chi connectivity index (χ0) is 21.8. The van der Waals surface area contributed by atoms with E-state index in [0.29, 0.717) is 24.5 Å². The highest BCUT2D eigenvalue weighted by Crippen LogP contribution is 2.28. The number of anilines is 2. The first-order valence-corrected chi connectivity index (χ1v) is 10.6. The minimum absolute atomic E-state index is 0. The Morgan fingerprint density at radius 1 is 1.09 bits per heavy atom. The van der Waals surface area contributed by atoms with Crippen LogP contribution in [0.1, 0.15) is 43.6 Å². The van der Waals surface area contributed by atoms with Gasteiger partial charge < -0.3 is 20.6 Å². The van der Waals surface area contributed by atoms with Crippen LogP contribution in [0.5, 0.6) is 5.75 Å². The predicted octanol–water partition coefficient (Wildman–Crippen LogP) is 3.83. The number of benzene rings is 1. The molecule has 1 aliphatic carbocycles. The van der Waals surface area contributed by atoms with E-state index < -0.39 is 0 Å². The van der Waals surface area contributed by atoms with Crippen LogP contribution in [0.15, 0.2) is 42.6 Å². The van der Waals surface area contributed by atoms with Crippen LogP contribution in [-0.2, 0) is 0 Å². The molecule has 2 heterocycles. The lowest BCUT2D eigenvalue weighted by Gasteiger charge is -2.29. The number of carbonyl (C=O) groups is 1. The van der Waals surface area contributed by atoms with Crippen molar-refractivity contribution in [3.63, 3.8) is 0 Å². The molecule has 0 saturated heterocycles. The third-order valence-corrected chi connectivity index (χ3v) is 5.74. The molecule has 0 aliphatic heterocycles. The zero-order valence-electron chi connectivity index (χ0n) is 17.9. The average Bonchev–Trinajstić information content (AvgIpc) is 2.78. The molecule has 0 atom stereocenters. The van der Waals surface area contributed by atoms with E-state index in [0.717, 1.165) is 42.4 Å². The Kier molecular flexibility index (Phi) is 7.45. The van der Waals surface area contributed by atoms with Gasteiger partial charge in [0, 0.05) is 38.3 Å². The van der Waals surface area contributed by atoms with E-state index in [9.17, 15) is 9.90 Å². The predicted molar refractivity (Wildman–Crippen MR) is 128 cm³/mol. The topological polar surface area (TPSA) is 103 Å². The molecule has 170 valence electrons. The van der Waals surface area contributed by atoms with Crippen molar-refractivity contribution < 1.29 is 9.90 Å². The highest BCUT2D eigenvalue weighted by molar-refractivity contribution is 5.94. The van der Waals surface area contributed by atoms with Crippen LogP contribution >= 0.6 is 0 Å². The maximum Gasteiger partial charge on any atom is 0.273 e. The zero-order valence-corrected chi connectivity index (χ0v) is 17.9. The summed E-state index contributed by atoms with van der Waals surface area (Å²) in [6, 6.07) is 11.4. The van der Waals surface area contributed by atoms with E-state index in [1.165, 1.54) is 12.3 Å². The monoisotopic (exact) mass is 436 g/mol. The van der Waals surface area contributed by atoms with Gasteiger partial charge >= 0.3 is 0 Å². The van der Waals surface area contributed by atoms with E-state index >= 15 is 0 Å². The Bertz CT molecular complexity index is 1060. The fourth-order valence-corrected chi connectivity index (χ4v) is 4.05. The fraction of sp³-hybridized carbons (Fsp3) is 0.417. The number of aromatic hydroxyl groups is 1. The van der Waals surface area contributed by atoms with Crippen LogP contribution < -0.4 is 15.5 Å². The first-order valence-electron chi connectivity index (χ1n) is 10.6. The summed E-state index contributed by atoms with van der Waals surface area (Å²) < 4.78 is 0. The molecule has 32 heavy (non-hydrogen) atoms. The summed E-state index contributed by atoms with van der Waals surface area (Å²) in [5.41, 5.74) is 1.00. The van der Waals surface area contributed by atoms with Crippen LogP contribution in [0.2, 0.25) is 0 Å². The molecule has 0 bridgehead atoms. The number of nitrogens with one attached hydrogen (secondary N) is 2. The van der Waals surface area contributed by atoms with Gasteiger partial charge in [-0.15, -0.1) is 0 Å². The summed E-state index contributed by atoms with van der Waals surface area (Å²) in [7, 11) is 3.98. The van der Waals surface area contributed by atoms with Crippen molar-refractivity contribution in [1.82, 2.24) is 20.3 Å². The van der Waals surface area contributed by atoms with E-state index in [1.54, 1.807) is 6.07 Å². The highest BCUT2D eigenvalue weighted by Gasteiger charge is 2.23. The Balaban J connectivity index is 0.00000289. The van der Waals surface area contributed by atoms with Crippen molar-refractivity contribution in [2.24, 2.45) is 5.92 Å². The third kappa shape index (κ3) is 5.25. The smallest absolute Gasteiger partial charge is 0.273 e. The molecule has 1 amide bonds. The molecule has 8 nitrogen and oxygen atoms in total. The van der Waals surface area contributed by atoms with Crippen LogP contribution in [0.25, 0.3) is 10.9 Å². The van der Waals surface area contributed by atoms with Gasteiger partial charge in [-0.25, -0.2) is 9.97 Å². The molecule has 1 saturated carbocycles. The molecule has 8 heteroatoms. The van der Waals surface area contributed by atoms with E-state index in [1.807, 2.05) is 43.3 Å². The minimum atomic E-state index is -0.334. The van der Waals surface area contributed by atoms with Crippen molar-refractivity contribution in [3.8, 4) is 5.75 Å². The largest absolute Gasteiger partial charge is 0.505 e. The number of rotatable bonds is 6. The SMILES string of the molecule is C.CN(C)c1nc(NC2CCC(CNC(=O)c3ncccc3O)CC2)nc2ccccc12. The maximum absolute atomic E-state index is 12.2. The lowest BCUT2D eigenvalue weighted by Crippen LogP contribution is -2.34. The first kappa shape index (κ1) is 23.2. The lowest BCUT2D eigenvalue weighted by molar-refractivity contribution is 0.0935. The molecule has 0 radical (unpaired) electrons. The number of hydrogen-bond acceptors (Lipinski definition) is 7. The van der Waals surface area contributed by atoms with Gasteiger partial charge in [-0.1, -0.05) is 19.6 Å². The maximum atomic E-state index is 12.2. The molecule has 0 unspecified atom stereocenters. The summed E-state index contributed by atoms with van der Waals surface area (Å²) in [6.45, 7) is 0.582. The molecular weight excluding hydrogens is 404 g/mol. The number of pyridine rings is 1. The summed E-state index contributed by atoms with van der Waals surface area (Å²) >= 11 is 0. The van der Waals surface area contributed by atoms with Crippen molar-refractivity contribution >= 4 is 28.6 Å². The number of nitrogens with zero attached hydrogens (tertiary/aromatic N) is 4. The van der Waals surface area contributed by atoms with E-state index in [4.69, 9.17) is 9.97 Å². The summed E-state index contributed by atoms with van der Waals surface area (Å²) in [5, 5.41) is 17.2.